The number of likely N-dealkylation sites (tertiary alicyclic amines) is 1. The third-order valence-electron chi connectivity index (χ3n) is 4.16. The van der Waals surface area contributed by atoms with Gasteiger partial charge in [-0.25, -0.2) is 0 Å². The Morgan fingerprint density at radius 2 is 1.88 bits per heavy atom. The molecule has 0 aliphatic carbocycles. The van der Waals surface area contributed by atoms with Crippen LogP contribution >= 0.6 is 0 Å². The average molecular weight is 358 g/mol. The molecular weight excluding hydrogens is 341 g/mol. The number of rotatable bonds is 3. The molecule has 1 aliphatic rings. The van der Waals surface area contributed by atoms with Crippen LogP contribution in [0.5, 0.6) is 0 Å². The number of nitrogens with zero attached hydrogens (tertiary/aromatic N) is 1. The highest BCUT2D eigenvalue weighted by Gasteiger charge is 2.39. The van der Waals surface area contributed by atoms with Crippen LogP contribution in [0.3, 0.4) is 0 Å². The smallest absolute Gasteiger partial charge is 0.416 e. The molecule has 2 N–H and O–H groups in total. The standard InChI is InChI=1S/C16H17F3N2O4/c1-8-13(15(24)25)3-4-21(8)14(23)10-5-11(16(17,18)19)7-12(6-10)20-9(2)22/h5-8,13H,3-4H2,1-2H3,(H,20,22)(H,24,25). The molecule has 6 nitrogen and oxygen atoms in total. The Morgan fingerprint density at radius 1 is 1.24 bits per heavy atom. The third-order valence-corrected chi connectivity index (χ3v) is 4.16. The maximum atomic E-state index is 13.1. The van der Waals surface area contributed by atoms with Gasteiger partial charge in [-0.2, -0.15) is 13.2 Å². The third kappa shape index (κ3) is 4.09. The first-order valence-electron chi connectivity index (χ1n) is 7.54. The Hall–Kier alpha value is -2.58. The van der Waals surface area contributed by atoms with Crippen LogP contribution in [-0.2, 0) is 15.8 Å². The van der Waals surface area contributed by atoms with E-state index in [0.717, 1.165) is 19.1 Å². The molecule has 0 bridgehead atoms. The van der Waals surface area contributed by atoms with Gasteiger partial charge in [0, 0.05) is 30.8 Å². The van der Waals surface area contributed by atoms with E-state index in [1.165, 1.54) is 4.90 Å². The summed E-state index contributed by atoms with van der Waals surface area (Å²) in [5.41, 5.74) is -1.47. The predicted octanol–water partition coefficient (Wildman–Crippen LogP) is 2.60. The van der Waals surface area contributed by atoms with Gasteiger partial charge in [0.2, 0.25) is 5.91 Å². The molecule has 136 valence electrons. The van der Waals surface area contributed by atoms with Gasteiger partial charge in [0.05, 0.1) is 11.5 Å². The molecule has 0 saturated carbocycles. The lowest BCUT2D eigenvalue weighted by Gasteiger charge is -2.24. The molecule has 9 heteroatoms. The van der Waals surface area contributed by atoms with Crippen LogP contribution in [0.25, 0.3) is 0 Å². The number of anilines is 1. The van der Waals surface area contributed by atoms with E-state index < -0.39 is 41.5 Å². The second kappa shape index (κ2) is 6.73. The Balaban J connectivity index is 2.38. The minimum absolute atomic E-state index is 0.142. The van der Waals surface area contributed by atoms with Crippen molar-refractivity contribution in [3.05, 3.63) is 29.3 Å². The number of hydrogen-bond acceptors (Lipinski definition) is 3. The van der Waals surface area contributed by atoms with E-state index in [0.29, 0.717) is 6.07 Å². The van der Waals surface area contributed by atoms with E-state index in [9.17, 15) is 27.6 Å². The summed E-state index contributed by atoms with van der Waals surface area (Å²) in [6.45, 7) is 2.83. The SMILES string of the molecule is CC(=O)Nc1cc(C(=O)N2CCC(C(=O)O)C2C)cc(C(F)(F)F)c1. The molecule has 1 aromatic rings. The van der Waals surface area contributed by atoms with Gasteiger partial charge in [0.25, 0.3) is 5.91 Å². The zero-order valence-electron chi connectivity index (χ0n) is 13.6. The Bertz CT molecular complexity index is 718. The summed E-state index contributed by atoms with van der Waals surface area (Å²) in [6, 6.07) is 1.96. The van der Waals surface area contributed by atoms with Crippen molar-refractivity contribution in [2.45, 2.75) is 32.5 Å². The van der Waals surface area contributed by atoms with Crippen LogP contribution in [-0.4, -0.2) is 40.4 Å². The van der Waals surface area contributed by atoms with Crippen LogP contribution < -0.4 is 5.32 Å². The fourth-order valence-electron chi connectivity index (χ4n) is 2.91. The first-order chi connectivity index (χ1) is 11.5. The molecule has 1 aliphatic heterocycles. The molecule has 0 spiro atoms. The molecule has 2 atom stereocenters. The molecule has 2 amide bonds. The molecular formula is C16H17F3N2O4. The van der Waals surface area contributed by atoms with Crippen LogP contribution in [0.15, 0.2) is 18.2 Å². The number of carbonyl (C=O) groups excluding carboxylic acids is 2. The summed E-state index contributed by atoms with van der Waals surface area (Å²) < 4.78 is 39.2. The van der Waals surface area contributed by atoms with Crippen molar-refractivity contribution >= 4 is 23.5 Å². The van der Waals surface area contributed by atoms with Gasteiger partial charge in [-0.15, -0.1) is 0 Å². The fourth-order valence-corrected chi connectivity index (χ4v) is 2.91. The lowest BCUT2D eigenvalue weighted by atomic mass is 10.0. The number of aliphatic carboxylic acids is 1. The van der Waals surface area contributed by atoms with Gasteiger partial charge < -0.3 is 15.3 Å². The van der Waals surface area contributed by atoms with Gasteiger partial charge in [-0.3, -0.25) is 14.4 Å². The second-order valence-corrected chi connectivity index (χ2v) is 5.95. The van der Waals surface area contributed by atoms with Crippen molar-refractivity contribution in [2.24, 2.45) is 5.92 Å². The van der Waals surface area contributed by atoms with Crippen molar-refractivity contribution in [2.75, 3.05) is 11.9 Å². The number of carboxylic acid groups (broad SMARTS) is 1. The number of amides is 2. The summed E-state index contributed by atoms with van der Waals surface area (Å²) in [6.07, 6.45) is -4.45. The largest absolute Gasteiger partial charge is 0.481 e. The van der Waals surface area contributed by atoms with Crippen molar-refractivity contribution in [3.63, 3.8) is 0 Å². The van der Waals surface area contributed by atoms with Crippen LogP contribution in [0.2, 0.25) is 0 Å². The highest BCUT2D eigenvalue weighted by molar-refractivity contribution is 5.97. The number of carbonyl (C=O) groups is 3. The molecule has 2 unspecified atom stereocenters. The zero-order valence-corrected chi connectivity index (χ0v) is 13.6. The first kappa shape index (κ1) is 18.8. The molecule has 1 aromatic carbocycles. The van der Waals surface area contributed by atoms with E-state index in [2.05, 4.69) is 5.32 Å². The van der Waals surface area contributed by atoms with E-state index in [4.69, 9.17) is 5.11 Å². The van der Waals surface area contributed by atoms with Crippen molar-refractivity contribution in [1.29, 1.82) is 0 Å². The maximum absolute atomic E-state index is 13.1. The second-order valence-electron chi connectivity index (χ2n) is 5.95. The number of nitrogens with one attached hydrogen (secondary N) is 1. The number of halogens is 3. The number of carboxylic acids is 1. The fraction of sp³-hybridized carbons (Fsp3) is 0.438. The molecule has 2 rings (SSSR count). The Morgan fingerprint density at radius 3 is 2.36 bits per heavy atom. The molecule has 1 saturated heterocycles. The number of alkyl halides is 3. The lowest BCUT2D eigenvalue weighted by molar-refractivity contribution is -0.142. The van der Waals surface area contributed by atoms with Gasteiger partial charge in [-0.1, -0.05) is 0 Å². The first-order valence-corrected chi connectivity index (χ1v) is 7.54. The minimum Gasteiger partial charge on any atom is -0.481 e. The van der Waals surface area contributed by atoms with Crippen molar-refractivity contribution in [3.8, 4) is 0 Å². The molecule has 1 fully saturated rings. The normalized spacial score (nSPS) is 20.4. The van der Waals surface area contributed by atoms with Crippen LogP contribution in [0.4, 0.5) is 18.9 Å². The van der Waals surface area contributed by atoms with Gasteiger partial charge in [0.15, 0.2) is 0 Å². The number of hydrogen-bond donors (Lipinski definition) is 2. The van der Waals surface area contributed by atoms with Crippen LogP contribution in [0.1, 0.15) is 36.2 Å². The minimum atomic E-state index is -4.69. The summed E-state index contributed by atoms with van der Waals surface area (Å²) in [4.78, 5) is 36.1. The molecule has 25 heavy (non-hydrogen) atoms. The summed E-state index contributed by atoms with van der Waals surface area (Å²) in [7, 11) is 0. The topological polar surface area (TPSA) is 86.7 Å². The monoisotopic (exact) mass is 358 g/mol. The highest BCUT2D eigenvalue weighted by Crippen LogP contribution is 2.33. The molecule has 0 radical (unpaired) electrons. The van der Waals surface area contributed by atoms with E-state index in [1.807, 2.05) is 0 Å². The number of benzene rings is 1. The summed E-state index contributed by atoms with van der Waals surface area (Å²) >= 11 is 0. The molecule has 1 heterocycles. The van der Waals surface area contributed by atoms with Crippen LogP contribution in [0, 0.1) is 5.92 Å². The van der Waals surface area contributed by atoms with Crippen molar-refractivity contribution in [1.82, 2.24) is 4.90 Å². The van der Waals surface area contributed by atoms with Crippen molar-refractivity contribution < 1.29 is 32.7 Å². The summed E-state index contributed by atoms with van der Waals surface area (Å²) in [5, 5.41) is 11.4. The quantitative estimate of drug-likeness (QED) is 0.870. The predicted molar refractivity (Wildman–Crippen MR) is 82.0 cm³/mol. The molecule has 0 aromatic heterocycles. The zero-order chi connectivity index (χ0) is 18.9. The average Bonchev–Trinajstić information content (AvgIpc) is 2.86. The van der Waals surface area contributed by atoms with E-state index >= 15 is 0 Å². The summed E-state index contributed by atoms with van der Waals surface area (Å²) in [5.74, 6) is -3.08. The van der Waals surface area contributed by atoms with Gasteiger partial charge in [0.1, 0.15) is 0 Å². The Labute approximate surface area is 141 Å². The van der Waals surface area contributed by atoms with E-state index in [1.54, 1.807) is 6.92 Å². The van der Waals surface area contributed by atoms with Gasteiger partial charge in [-0.05, 0) is 31.5 Å². The van der Waals surface area contributed by atoms with Gasteiger partial charge >= 0.3 is 12.1 Å². The van der Waals surface area contributed by atoms with E-state index in [-0.39, 0.29) is 24.2 Å². The highest BCUT2D eigenvalue weighted by atomic mass is 19.4. The Kier molecular flexibility index (Phi) is 5.05. The maximum Gasteiger partial charge on any atom is 0.416 e. The lowest BCUT2D eigenvalue weighted by Crippen LogP contribution is -2.37.